The quantitative estimate of drug-likeness (QED) is 0.394. The fourth-order valence-corrected chi connectivity index (χ4v) is 6.25. The van der Waals surface area contributed by atoms with E-state index in [0.717, 1.165) is 9.79 Å². The second kappa shape index (κ2) is 10.3. The molecule has 2 heterocycles. The number of hydrogen-bond acceptors (Lipinski definition) is 9. The summed E-state index contributed by atoms with van der Waals surface area (Å²) in [6.45, 7) is 5.02. The predicted molar refractivity (Wildman–Crippen MR) is 125 cm³/mol. The van der Waals surface area contributed by atoms with Gasteiger partial charge in [0.15, 0.2) is 0 Å². The molecule has 0 saturated carbocycles. The van der Waals surface area contributed by atoms with Gasteiger partial charge in [-0.05, 0) is 57.2 Å². The summed E-state index contributed by atoms with van der Waals surface area (Å²) >= 11 is 2.66. The molecule has 1 amide bonds. The largest absolute Gasteiger partial charge is 0.368 e. The van der Waals surface area contributed by atoms with Gasteiger partial charge >= 0.3 is 0 Å². The van der Waals surface area contributed by atoms with E-state index in [1.165, 1.54) is 35.7 Å². The highest BCUT2D eigenvalue weighted by molar-refractivity contribution is 8.00. The molecule has 0 saturated heterocycles. The molecule has 9 nitrogen and oxygen atoms in total. The minimum Gasteiger partial charge on any atom is -0.368 e. The van der Waals surface area contributed by atoms with Crippen LogP contribution in [0.2, 0.25) is 0 Å². The van der Waals surface area contributed by atoms with Gasteiger partial charge in [0, 0.05) is 38.8 Å². The Morgan fingerprint density at radius 2 is 1.79 bits per heavy atom. The number of carbonyl (C=O) groups is 1. The first-order valence-corrected chi connectivity index (χ1v) is 13.0. The number of primary amides is 1. The highest BCUT2D eigenvalue weighted by atomic mass is 32.2. The van der Waals surface area contributed by atoms with E-state index < -0.39 is 26.7 Å². The van der Waals surface area contributed by atoms with Gasteiger partial charge in [0.2, 0.25) is 5.91 Å². The molecule has 12 heteroatoms. The van der Waals surface area contributed by atoms with E-state index >= 15 is 0 Å². The van der Waals surface area contributed by atoms with Crippen LogP contribution < -0.4 is 5.73 Å². The van der Waals surface area contributed by atoms with Crippen LogP contribution in [-0.4, -0.2) is 44.9 Å². The summed E-state index contributed by atoms with van der Waals surface area (Å²) in [4.78, 5) is 17.8. The highest BCUT2D eigenvalue weighted by Gasteiger charge is 2.44. The fourth-order valence-electron chi connectivity index (χ4n) is 3.01. The van der Waals surface area contributed by atoms with E-state index in [-0.39, 0.29) is 9.36 Å². The van der Waals surface area contributed by atoms with E-state index in [0.29, 0.717) is 17.2 Å². The second-order valence-corrected chi connectivity index (χ2v) is 12.2. The van der Waals surface area contributed by atoms with Crippen LogP contribution in [0.25, 0.3) is 0 Å². The third kappa shape index (κ3) is 6.15. The Morgan fingerprint density at radius 1 is 1.18 bits per heavy atom. The Hall–Kier alpha value is -2.38. The first kappa shape index (κ1) is 25.2. The standard InChI is InChI=1S/C21H24N4O5S3/c1-14-12-15(24-30-14)13-31-21(2,3)19(20(22)26)25(27)33(28,29)18-6-4-16(5-7-18)32-17-8-10-23-11-9-17/h4-12,19,27H,13H2,1-3H3,(H2,22,26)/t19-/m0/s1. The van der Waals surface area contributed by atoms with Crippen molar-refractivity contribution in [3.8, 4) is 0 Å². The van der Waals surface area contributed by atoms with Crippen molar-refractivity contribution in [3.63, 3.8) is 0 Å². The maximum atomic E-state index is 13.1. The van der Waals surface area contributed by atoms with Gasteiger partial charge in [0.1, 0.15) is 11.8 Å². The Morgan fingerprint density at radius 3 is 2.33 bits per heavy atom. The zero-order chi connectivity index (χ0) is 24.2. The average Bonchev–Trinajstić information content (AvgIpc) is 3.18. The number of nitrogens with zero attached hydrogens (tertiary/aromatic N) is 3. The van der Waals surface area contributed by atoms with E-state index in [1.54, 1.807) is 51.4 Å². The lowest BCUT2D eigenvalue weighted by atomic mass is 10.0. The van der Waals surface area contributed by atoms with Crippen LogP contribution in [0.3, 0.4) is 0 Å². The van der Waals surface area contributed by atoms with Crippen LogP contribution >= 0.6 is 23.5 Å². The zero-order valence-corrected chi connectivity index (χ0v) is 20.7. The normalized spacial score (nSPS) is 13.2. The summed E-state index contributed by atoms with van der Waals surface area (Å²) in [5, 5.41) is 14.6. The molecule has 0 bridgehead atoms. The van der Waals surface area contributed by atoms with Crippen LogP contribution in [0.1, 0.15) is 25.3 Å². The molecule has 2 aromatic heterocycles. The Kier molecular flexibility index (Phi) is 7.85. The number of amides is 1. The number of nitrogens with two attached hydrogens (primary N) is 1. The minimum absolute atomic E-state index is 0.0569. The molecule has 0 radical (unpaired) electrons. The van der Waals surface area contributed by atoms with Crippen molar-refractivity contribution in [1.82, 2.24) is 14.6 Å². The van der Waals surface area contributed by atoms with E-state index in [4.69, 9.17) is 10.3 Å². The van der Waals surface area contributed by atoms with Crippen LogP contribution in [-0.2, 0) is 20.6 Å². The molecule has 176 valence electrons. The molecule has 0 aliphatic heterocycles. The van der Waals surface area contributed by atoms with Crippen LogP contribution in [0, 0.1) is 6.92 Å². The van der Waals surface area contributed by atoms with E-state index in [2.05, 4.69) is 10.1 Å². The van der Waals surface area contributed by atoms with Crippen molar-refractivity contribution < 1.29 is 22.9 Å². The van der Waals surface area contributed by atoms with Gasteiger partial charge in [0.25, 0.3) is 10.0 Å². The summed E-state index contributed by atoms with van der Waals surface area (Å²) in [6, 6.07) is 9.88. The number of carbonyl (C=O) groups excluding carboxylic acids is 1. The Balaban J connectivity index is 1.78. The number of thioether (sulfide) groups is 1. The molecule has 33 heavy (non-hydrogen) atoms. The summed E-state index contributed by atoms with van der Waals surface area (Å²) in [7, 11) is -4.41. The molecule has 3 rings (SSSR count). The topological polar surface area (TPSA) is 140 Å². The summed E-state index contributed by atoms with van der Waals surface area (Å²) in [5.74, 6) is -0.00493. The Labute approximate surface area is 200 Å². The molecule has 0 aliphatic rings. The SMILES string of the molecule is Cc1cc(CSC(C)(C)[C@H](C(N)=O)N(O)S(=O)(=O)c2ccc(Sc3ccncc3)cc2)no1. The second-order valence-electron chi connectivity index (χ2n) is 7.66. The van der Waals surface area contributed by atoms with Crippen molar-refractivity contribution >= 4 is 39.5 Å². The smallest absolute Gasteiger partial charge is 0.265 e. The van der Waals surface area contributed by atoms with Gasteiger partial charge in [-0.1, -0.05) is 21.4 Å². The monoisotopic (exact) mass is 508 g/mol. The molecular weight excluding hydrogens is 484 g/mol. The number of rotatable bonds is 10. The van der Waals surface area contributed by atoms with Crippen molar-refractivity contribution in [1.29, 1.82) is 0 Å². The van der Waals surface area contributed by atoms with Gasteiger partial charge < -0.3 is 10.3 Å². The first-order chi connectivity index (χ1) is 15.5. The Bertz CT molecular complexity index is 1200. The average molecular weight is 509 g/mol. The third-order valence-corrected chi connectivity index (χ3v) is 8.67. The lowest BCUT2D eigenvalue weighted by Crippen LogP contribution is -2.55. The number of benzene rings is 1. The van der Waals surface area contributed by atoms with Crippen LogP contribution in [0.15, 0.2) is 74.1 Å². The molecule has 1 atom stereocenters. The molecule has 1 aromatic carbocycles. The molecule has 3 N–H and O–H groups in total. The van der Waals surface area contributed by atoms with Gasteiger partial charge in [-0.25, -0.2) is 8.42 Å². The maximum Gasteiger partial charge on any atom is 0.265 e. The number of hydroxylamine groups is 1. The van der Waals surface area contributed by atoms with Crippen molar-refractivity contribution in [2.45, 2.75) is 52.0 Å². The molecule has 3 aromatic rings. The lowest BCUT2D eigenvalue weighted by Gasteiger charge is -2.35. The van der Waals surface area contributed by atoms with Crippen LogP contribution in [0.5, 0.6) is 0 Å². The van der Waals surface area contributed by atoms with Gasteiger partial charge in [0.05, 0.1) is 10.6 Å². The summed E-state index contributed by atoms with van der Waals surface area (Å²) in [6.07, 6.45) is 3.33. The fraction of sp³-hybridized carbons (Fsp3) is 0.286. The minimum atomic E-state index is -4.41. The molecular formula is C21H24N4O5S3. The van der Waals surface area contributed by atoms with Gasteiger partial charge in [-0.2, -0.15) is 0 Å². The van der Waals surface area contributed by atoms with Crippen molar-refractivity contribution in [2.24, 2.45) is 5.73 Å². The number of sulfonamides is 1. The number of aromatic nitrogens is 2. The molecule has 0 fully saturated rings. The number of aryl methyl sites for hydroxylation is 1. The number of hydrogen-bond donors (Lipinski definition) is 2. The lowest BCUT2D eigenvalue weighted by molar-refractivity contribution is -0.132. The molecule has 0 aliphatic carbocycles. The maximum absolute atomic E-state index is 13.1. The predicted octanol–water partition coefficient (Wildman–Crippen LogP) is 3.48. The van der Waals surface area contributed by atoms with Gasteiger partial charge in [-0.3, -0.25) is 15.0 Å². The third-order valence-electron chi connectivity index (χ3n) is 4.67. The zero-order valence-electron chi connectivity index (χ0n) is 18.2. The van der Waals surface area contributed by atoms with E-state index in [1.807, 2.05) is 12.1 Å². The summed E-state index contributed by atoms with van der Waals surface area (Å²) < 4.78 is 30.2. The molecule has 0 unspecified atom stereocenters. The van der Waals surface area contributed by atoms with Gasteiger partial charge in [-0.15, -0.1) is 11.8 Å². The highest BCUT2D eigenvalue weighted by Crippen LogP contribution is 2.36. The van der Waals surface area contributed by atoms with Crippen molar-refractivity contribution in [3.05, 3.63) is 66.3 Å². The van der Waals surface area contributed by atoms with Crippen molar-refractivity contribution in [2.75, 3.05) is 0 Å². The molecule has 0 spiro atoms. The summed E-state index contributed by atoms with van der Waals surface area (Å²) in [5.41, 5.74) is 6.15. The first-order valence-electron chi connectivity index (χ1n) is 9.77. The van der Waals surface area contributed by atoms with E-state index in [9.17, 15) is 18.4 Å². The number of pyridine rings is 1. The van der Waals surface area contributed by atoms with Crippen LogP contribution in [0.4, 0.5) is 0 Å².